The van der Waals surface area contributed by atoms with Crippen molar-refractivity contribution in [3.63, 3.8) is 0 Å². The number of amidine groups is 1. The Kier molecular flexibility index (Phi) is 4.84. The second-order valence-electron chi connectivity index (χ2n) is 6.78. The van der Waals surface area contributed by atoms with E-state index in [1.54, 1.807) is 25.2 Å². The van der Waals surface area contributed by atoms with Crippen LogP contribution in [0.4, 0.5) is 4.39 Å². The largest absolute Gasteiger partial charge is 0.510 e. The van der Waals surface area contributed by atoms with E-state index in [-0.39, 0.29) is 24.0 Å². The fourth-order valence-electron chi connectivity index (χ4n) is 3.47. The highest BCUT2D eigenvalue weighted by Gasteiger charge is 2.30. The van der Waals surface area contributed by atoms with Gasteiger partial charge in [0.25, 0.3) is 0 Å². The van der Waals surface area contributed by atoms with Crippen LogP contribution in [0.1, 0.15) is 11.4 Å². The molecule has 8 heteroatoms. The van der Waals surface area contributed by atoms with Crippen LogP contribution in [0, 0.1) is 11.2 Å². The summed E-state index contributed by atoms with van der Waals surface area (Å²) >= 11 is 0. The SMILES string of the molecule is COc1ccc(CCN2CC(O)=C(c3nc4ccc(F)cc4[nH]3)C2=N)cc1OC. The van der Waals surface area contributed by atoms with Crippen LogP contribution < -0.4 is 9.47 Å². The molecule has 1 aliphatic heterocycles. The second-order valence-corrected chi connectivity index (χ2v) is 6.78. The molecule has 3 N–H and O–H groups in total. The van der Waals surface area contributed by atoms with Crippen LogP contribution in [0.2, 0.25) is 0 Å². The second kappa shape index (κ2) is 7.46. The summed E-state index contributed by atoms with van der Waals surface area (Å²) in [5, 5.41) is 18.9. The molecule has 0 saturated heterocycles. The Bertz CT molecular complexity index is 1120. The Morgan fingerprint density at radius 2 is 1.97 bits per heavy atom. The molecule has 1 aliphatic rings. The van der Waals surface area contributed by atoms with Crippen molar-refractivity contribution in [3.8, 4) is 11.5 Å². The Hall–Kier alpha value is -3.55. The molecule has 0 fully saturated rings. The van der Waals surface area contributed by atoms with Gasteiger partial charge in [-0.3, -0.25) is 5.41 Å². The molecule has 0 saturated carbocycles. The predicted octanol–water partition coefficient (Wildman–Crippen LogP) is 3.52. The number of halogens is 1. The summed E-state index contributed by atoms with van der Waals surface area (Å²) in [6, 6.07) is 9.94. The van der Waals surface area contributed by atoms with Gasteiger partial charge in [0.2, 0.25) is 0 Å². The summed E-state index contributed by atoms with van der Waals surface area (Å²) < 4.78 is 24.0. The Balaban J connectivity index is 1.50. The average molecular weight is 396 g/mol. The number of aliphatic hydroxyl groups is 1. The lowest BCUT2D eigenvalue weighted by atomic mass is 10.1. The van der Waals surface area contributed by atoms with Gasteiger partial charge in [-0.2, -0.15) is 0 Å². The summed E-state index contributed by atoms with van der Waals surface area (Å²) in [5.41, 5.74) is 2.48. The maximum atomic E-state index is 13.4. The number of methoxy groups -OCH3 is 2. The van der Waals surface area contributed by atoms with Crippen LogP contribution >= 0.6 is 0 Å². The number of H-pyrrole nitrogens is 1. The number of hydrogen-bond acceptors (Lipinski definition) is 5. The number of fused-ring (bicyclic) bond motifs is 1. The lowest BCUT2D eigenvalue weighted by Gasteiger charge is -2.18. The number of aliphatic hydroxyl groups excluding tert-OH is 1. The number of nitrogens with zero attached hydrogens (tertiary/aromatic N) is 2. The lowest BCUT2D eigenvalue weighted by Crippen LogP contribution is -2.29. The standard InChI is InChI=1S/C21H21FN4O3/c1-28-17-6-3-12(9-18(17)29-2)7-8-26-11-16(27)19(20(26)23)21-24-14-5-4-13(22)10-15(14)25-21/h3-6,9-10,23,27H,7-8,11H2,1-2H3,(H,24,25). The number of benzene rings is 2. The van der Waals surface area contributed by atoms with Crippen LogP contribution in [0.15, 0.2) is 42.2 Å². The van der Waals surface area contributed by atoms with Crippen LogP contribution in [-0.2, 0) is 6.42 Å². The molecule has 0 unspecified atom stereocenters. The molecule has 3 aromatic rings. The number of rotatable bonds is 6. The Labute approximate surface area is 166 Å². The maximum absolute atomic E-state index is 13.4. The van der Waals surface area contributed by atoms with E-state index in [2.05, 4.69) is 9.97 Å². The summed E-state index contributed by atoms with van der Waals surface area (Å²) in [6.07, 6.45) is 0.661. The summed E-state index contributed by atoms with van der Waals surface area (Å²) in [6.45, 7) is 0.767. The molecule has 29 heavy (non-hydrogen) atoms. The van der Waals surface area contributed by atoms with E-state index < -0.39 is 0 Å². The van der Waals surface area contributed by atoms with Crippen LogP contribution in [0.5, 0.6) is 11.5 Å². The van der Waals surface area contributed by atoms with Crippen molar-refractivity contribution in [2.24, 2.45) is 0 Å². The molecule has 2 aromatic carbocycles. The molecule has 1 aromatic heterocycles. The first-order chi connectivity index (χ1) is 14.0. The number of nitrogens with one attached hydrogen (secondary N) is 2. The molecule has 4 rings (SSSR count). The van der Waals surface area contributed by atoms with Gasteiger partial charge in [0.15, 0.2) is 11.5 Å². The number of hydrogen-bond donors (Lipinski definition) is 3. The minimum absolute atomic E-state index is 0.0711. The first-order valence-electron chi connectivity index (χ1n) is 9.12. The molecule has 0 amide bonds. The van der Waals surface area contributed by atoms with E-state index >= 15 is 0 Å². The van der Waals surface area contributed by atoms with Gasteiger partial charge in [-0.05, 0) is 42.3 Å². The van der Waals surface area contributed by atoms with Crippen molar-refractivity contribution in [3.05, 3.63) is 59.4 Å². The molecule has 0 radical (unpaired) electrons. The van der Waals surface area contributed by atoms with Gasteiger partial charge in [0, 0.05) is 6.54 Å². The van der Waals surface area contributed by atoms with Crippen LogP contribution in [0.3, 0.4) is 0 Å². The average Bonchev–Trinajstić information content (AvgIpc) is 3.25. The molecule has 0 spiro atoms. The summed E-state index contributed by atoms with van der Waals surface area (Å²) in [5.74, 6) is 1.56. The molecule has 2 heterocycles. The van der Waals surface area contributed by atoms with Gasteiger partial charge in [0.1, 0.15) is 23.2 Å². The zero-order chi connectivity index (χ0) is 20.5. The number of ether oxygens (including phenoxy) is 2. The van der Waals surface area contributed by atoms with E-state index in [0.29, 0.717) is 46.9 Å². The molecule has 0 bridgehead atoms. The van der Waals surface area contributed by atoms with Crippen LogP contribution in [0.25, 0.3) is 16.6 Å². The van der Waals surface area contributed by atoms with Crippen LogP contribution in [-0.4, -0.2) is 53.1 Å². The number of imidazole rings is 1. The van der Waals surface area contributed by atoms with E-state index in [4.69, 9.17) is 14.9 Å². The zero-order valence-corrected chi connectivity index (χ0v) is 16.1. The highest BCUT2D eigenvalue weighted by Crippen LogP contribution is 2.29. The molecule has 0 aliphatic carbocycles. The van der Waals surface area contributed by atoms with Crippen molar-refractivity contribution in [2.75, 3.05) is 27.3 Å². The van der Waals surface area contributed by atoms with E-state index in [1.165, 1.54) is 12.1 Å². The molecule has 0 atom stereocenters. The molecular weight excluding hydrogens is 375 g/mol. The van der Waals surface area contributed by atoms with Gasteiger partial charge in [-0.25, -0.2) is 9.37 Å². The number of aromatic amines is 1. The van der Waals surface area contributed by atoms with Gasteiger partial charge < -0.3 is 24.5 Å². The van der Waals surface area contributed by atoms with E-state index in [0.717, 1.165) is 5.56 Å². The molecular formula is C21H21FN4O3. The maximum Gasteiger partial charge on any atom is 0.160 e. The summed E-state index contributed by atoms with van der Waals surface area (Å²) in [4.78, 5) is 9.16. The van der Waals surface area contributed by atoms with Crippen molar-refractivity contribution in [1.82, 2.24) is 14.9 Å². The van der Waals surface area contributed by atoms with Gasteiger partial charge in [-0.15, -0.1) is 0 Å². The van der Waals surface area contributed by atoms with Crippen molar-refractivity contribution < 1.29 is 19.0 Å². The topological polar surface area (TPSA) is 94.5 Å². The zero-order valence-electron chi connectivity index (χ0n) is 16.1. The first-order valence-corrected chi connectivity index (χ1v) is 9.12. The summed E-state index contributed by atoms with van der Waals surface area (Å²) in [7, 11) is 3.18. The fourth-order valence-corrected chi connectivity index (χ4v) is 3.47. The van der Waals surface area contributed by atoms with Crippen molar-refractivity contribution >= 4 is 22.4 Å². The quantitative estimate of drug-likeness (QED) is 0.593. The third-order valence-corrected chi connectivity index (χ3v) is 4.98. The third-order valence-electron chi connectivity index (χ3n) is 4.98. The van der Waals surface area contributed by atoms with Crippen molar-refractivity contribution in [2.45, 2.75) is 6.42 Å². The smallest absolute Gasteiger partial charge is 0.160 e. The highest BCUT2D eigenvalue weighted by atomic mass is 19.1. The monoisotopic (exact) mass is 396 g/mol. The minimum atomic E-state index is -0.371. The van der Waals surface area contributed by atoms with E-state index in [9.17, 15) is 9.50 Å². The molecule has 7 nitrogen and oxygen atoms in total. The third kappa shape index (κ3) is 3.49. The predicted molar refractivity (Wildman–Crippen MR) is 108 cm³/mol. The van der Waals surface area contributed by atoms with Gasteiger partial charge in [-0.1, -0.05) is 6.07 Å². The fraction of sp³-hybridized carbons (Fsp3) is 0.238. The minimum Gasteiger partial charge on any atom is -0.510 e. The van der Waals surface area contributed by atoms with E-state index in [1.807, 2.05) is 18.2 Å². The van der Waals surface area contributed by atoms with Crippen molar-refractivity contribution in [1.29, 1.82) is 5.41 Å². The number of aromatic nitrogens is 2. The Morgan fingerprint density at radius 1 is 1.17 bits per heavy atom. The lowest BCUT2D eigenvalue weighted by molar-refractivity contribution is 0.349. The van der Waals surface area contributed by atoms with Gasteiger partial charge in [0.05, 0.1) is 37.4 Å². The first kappa shape index (κ1) is 18.8. The molecule has 150 valence electrons. The Morgan fingerprint density at radius 3 is 2.72 bits per heavy atom. The normalized spacial score (nSPS) is 14.2. The van der Waals surface area contributed by atoms with Gasteiger partial charge >= 0.3 is 0 Å². The highest BCUT2D eigenvalue weighted by molar-refractivity contribution is 6.23.